The SMILES string of the molecule is C/C=C\C=C/c1ccncc1P.CC. The van der Waals surface area contributed by atoms with E-state index in [1.165, 1.54) is 5.56 Å². The maximum atomic E-state index is 4.00. The Hall–Kier alpha value is -0.940. The molecule has 1 nitrogen and oxygen atoms in total. The Labute approximate surface area is 89.2 Å². The van der Waals surface area contributed by atoms with Crippen LogP contribution < -0.4 is 5.30 Å². The van der Waals surface area contributed by atoms with Crippen molar-refractivity contribution in [1.82, 2.24) is 4.98 Å². The molecule has 0 spiro atoms. The summed E-state index contributed by atoms with van der Waals surface area (Å²) in [5.74, 6) is 0. The van der Waals surface area contributed by atoms with Gasteiger partial charge in [-0.1, -0.05) is 38.2 Å². The first kappa shape index (κ1) is 13.1. The van der Waals surface area contributed by atoms with E-state index in [0.29, 0.717) is 0 Å². The lowest BCUT2D eigenvalue weighted by Crippen LogP contribution is -1.95. The number of aromatic nitrogens is 1. The van der Waals surface area contributed by atoms with Crippen LogP contribution in [0.5, 0.6) is 0 Å². The van der Waals surface area contributed by atoms with E-state index in [1.54, 1.807) is 6.20 Å². The van der Waals surface area contributed by atoms with Crippen LogP contribution in [0, 0.1) is 0 Å². The third-order valence-electron chi connectivity index (χ3n) is 1.47. The highest BCUT2D eigenvalue weighted by atomic mass is 31.0. The zero-order valence-electron chi connectivity index (χ0n) is 9.07. The summed E-state index contributed by atoms with van der Waals surface area (Å²) in [7, 11) is 2.66. The molecule has 1 unspecified atom stereocenters. The van der Waals surface area contributed by atoms with E-state index in [9.17, 15) is 0 Å². The van der Waals surface area contributed by atoms with Crippen molar-refractivity contribution in [3.05, 3.63) is 42.3 Å². The van der Waals surface area contributed by atoms with Crippen LogP contribution in [0.15, 0.2) is 36.7 Å². The lowest BCUT2D eigenvalue weighted by molar-refractivity contribution is 1.35. The van der Waals surface area contributed by atoms with E-state index in [2.05, 4.69) is 20.3 Å². The molecule has 76 valence electrons. The van der Waals surface area contributed by atoms with Crippen LogP contribution in [-0.4, -0.2) is 4.98 Å². The van der Waals surface area contributed by atoms with Gasteiger partial charge in [0.25, 0.3) is 0 Å². The fourth-order valence-corrected chi connectivity index (χ4v) is 1.12. The van der Waals surface area contributed by atoms with Crippen molar-refractivity contribution in [3.63, 3.8) is 0 Å². The molecule has 1 rings (SSSR count). The smallest absolute Gasteiger partial charge is 0.0345 e. The van der Waals surface area contributed by atoms with Crippen molar-refractivity contribution in [1.29, 1.82) is 0 Å². The van der Waals surface area contributed by atoms with Gasteiger partial charge >= 0.3 is 0 Å². The maximum absolute atomic E-state index is 4.00. The molecule has 1 heterocycles. The van der Waals surface area contributed by atoms with Gasteiger partial charge in [0.2, 0.25) is 0 Å². The third-order valence-corrected chi connectivity index (χ3v) is 1.95. The minimum Gasteiger partial charge on any atom is -0.264 e. The van der Waals surface area contributed by atoms with Gasteiger partial charge in [0.1, 0.15) is 0 Å². The van der Waals surface area contributed by atoms with Crippen molar-refractivity contribution >= 4 is 20.6 Å². The zero-order valence-corrected chi connectivity index (χ0v) is 10.2. The lowest BCUT2D eigenvalue weighted by Gasteiger charge is -1.95. The van der Waals surface area contributed by atoms with Crippen LogP contribution >= 0.6 is 9.24 Å². The minimum absolute atomic E-state index is 1.12. The third kappa shape index (κ3) is 4.94. The summed E-state index contributed by atoms with van der Waals surface area (Å²) in [6.07, 6.45) is 11.7. The quantitative estimate of drug-likeness (QED) is 0.536. The first-order valence-electron chi connectivity index (χ1n) is 4.83. The van der Waals surface area contributed by atoms with Crippen molar-refractivity contribution in [2.45, 2.75) is 20.8 Å². The van der Waals surface area contributed by atoms with Gasteiger partial charge in [0.05, 0.1) is 0 Å². The largest absolute Gasteiger partial charge is 0.264 e. The molecule has 0 amide bonds. The standard InChI is InChI=1S/C10H12NP.C2H6/c1-2-3-4-5-9-6-7-11-8-10(9)12;1-2/h2-8H,12H2,1H3;1-2H3/b3-2-,5-4-;. The van der Waals surface area contributed by atoms with E-state index in [-0.39, 0.29) is 0 Å². The van der Waals surface area contributed by atoms with Gasteiger partial charge in [0, 0.05) is 12.4 Å². The minimum atomic E-state index is 1.12. The maximum Gasteiger partial charge on any atom is 0.0345 e. The van der Waals surface area contributed by atoms with Crippen LogP contribution in [0.2, 0.25) is 0 Å². The van der Waals surface area contributed by atoms with Crippen LogP contribution in [0.3, 0.4) is 0 Å². The van der Waals surface area contributed by atoms with Gasteiger partial charge in [-0.05, 0) is 23.9 Å². The molecule has 0 aliphatic rings. The Bertz CT molecular complexity index is 303. The second kappa shape index (κ2) is 8.65. The van der Waals surface area contributed by atoms with Gasteiger partial charge in [-0.25, -0.2) is 0 Å². The number of hydrogen-bond acceptors (Lipinski definition) is 1. The number of allylic oxidation sites excluding steroid dienone is 3. The normalized spacial score (nSPS) is 10.3. The number of nitrogens with zero attached hydrogens (tertiary/aromatic N) is 1. The first-order chi connectivity index (χ1) is 6.84. The Morgan fingerprint density at radius 2 is 2.00 bits per heavy atom. The summed E-state index contributed by atoms with van der Waals surface area (Å²) in [6, 6.07) is 1.99. The second-order valence-electron chi connectivity index (χ2n) is 2.39. The van der Waals surface area contributed by atoms with Crippen LogP contribution in [-0.2, 0) is 0 Å². The fourth-order valence-electron chi connectivity index (χ4n) is 0.840. The van der Waals surface area contributed by atoms with Gasteiger partial charge in [-0.2, -0.15) is 0 Å². The van der Waals surface area contributed by atoms with Crippen molar-refractivity contribution in [2.24, 2.45) is 0 Å². The van der Waals surface area contributed by atoms with Gasteiger partial charge in [-0.15, -0.1) is 9.24 Å². The molecule has 0 aromatic carbocycles. The molecular formula is C12H18NP. The van der Waals surface area contributed by atoms with Gasteiger partial charge in [0.15, 0.2) is 0 Å². The molecule has 1 atom stereocenters. The highest BCUT2D eigenvalue weighted by molar-refractivity contribution is 7.27. The van der Waals surface area contributed by atoms with E-state index >= 15 is 0 Å². The van der Waals surface area contributed by atoms with Gasteiger partial charge < -0.3 is 0 Å². The molecule has 14 heavy (non-hydrogen) atoms. The van der Waals surface area contributed by atoms with Crippen molar-refractivity contribution < 1.29 is 0 Å². The summed E-state index contributed by atoms with van der Waals surface area (Å²) in [4.78, 5) is 4.00. The summed E-state index contributed by atoms with van der Waals surface area (Å²) < 4.78 is 0. The molecule has 0 saturated heterocycles. The Balaban J connectivity index is 0.000000791. The molecule has 1 aromatic heterocycles. The van der Waals surface area contributed by atoms with Gasteiger partial charge in [-0.3, -0.25) is 4.98 Å². The highest BCUT2D eigenvalue weighted by Crippen LogP contribution is 2.00. The zero-order chi connectivity index (χ0) is 10.8. The number of pyridine rings is 1. The summed E-state index contributed by atoms with van der Waals surface area (Å²) in [5, 5.41) is 1.12. The molecule has 0 aliphatic heterocycles. The Kier molecular flexibility index (Phi) is 8.07. The van der Waals surface area contributed by atoms with Crippen LogP contribution in [0.25, 0.3) is 6.08 Å². The average Bonchev–Trinajstić information content (AvgIpc) is 2.24. The monoisotopic (exact) mass is 207 g/mol. The molecular weight excluding hydrogens is 189 g/mol. The summed E-state index contributed by atoms with van der Waals surface area (Å²) in [6.45, 7) is 6.00. The summed E-state index contributed by atoms with van der Waals surface area (Å²) >= 11 is 0. The first-order valence-corrected chi connectivity index (χ1v) is 5.41. The summed E-state index contributed by atoms with van der Waals surface area (Å²) in [5.41, 5.74) is 1.19. The molecule has 0 bridgehead atoms. The lowest BCUT2D eigenvalue weighted by atomic mass is 10.2. The topological polar surface area (TPSA) is 12.9 Å². The number of rotatable bonds is 2. The Morgan fingerprint density at radius 1 is 1.29 bits per heavy atom. The predicted molar refractivity (Wildman–Crippen MR) is 68.8 cm³/mol. The highest BCUT2D eigenvalue weighted by Gasteiger charge is 1.89. The van der Waals surface area contributed by atoms with Crippen molar-refractivity contribution in [3.8, 4) is 0 Å². The molecule has 0 fully saturated rings. The average molecular weight is 207 g/mol. The molecule has 0 N–H and O–H groups in total. The van der Waals surface area contributed by atoms with E-state index in [0.717, 1.165) is 5.30 Å². The molecule has 1 aromatic rings. The fraction of sp³-hybridized carbons (Fsp3) is 0.250. The Morgan fingerprint density at radius 3 is 2.57 bits per heavy atom. The molecule has 0 radical (unpaired) electrons. The number of hydrogen-bond donors (Lipinski definition) is 0. The molecule has 0 aliphatic carbocycles. The predicted octanol–water partition coefficient (Wildman–Crippen LogP) is 3.20. The van der Waals surface area contributed by atoms with E-state index in [4.69, 9.17) is 0 Å². The van der Waals surface area contributed by atoms with Crippen LogP contribution in [0.4, 0.5) is 0 Å². The van der Waals surface area contributed by atoms with E-state index < -0.39 is 0 Å². The van der Waals surface area contributed by atoms with Crippen molar-refractivity contribution in [2.75, 3.05) is 0 Å². The second-order valence-corrected chi connectivity index (χ2v) is 3.01. The molecule has 0 saturated carbocycles. The van der Waals surface area contributed by atoms with E-state index in [1.807, 2.05) is 51.3 Å². The molecule has 2 heteroatoms. The van der Waals surface area contributed by atoms with Crippen LogP contribution in [0.1, 0.15) is 26.3 Å².